The molecular weight excluding hydrogens is 334 g/mol. The summed E-state index contributed by atoms with van der Waals surface area (Å²) < 4.78 is 0.878. The molecule has 0 aromatic heterocycles. The van der Waals surface area contributed by atoms with E-state index in [2.05, 4.69) is 54.0 Å². The molecule has 20 heavy (non-hydrogen) atoms. The van der Waals surface area contributed by atoms with Gasteiger partial charge in [-0.05, 0) is 51.0 Å². The number of nitrogens with two attached hydrogens (primary N) is 1. The van der Waals surface area contributed by atoms with E-state index >= 15 is 0 Å². The molecule has 2 N–H and O–H groups in total. The molecule has 0 saturated heterocycles. The van der Waals surface area contributed by atoms with Gasteiger partial charge in [0.25, 0.3) is 0 Å². The van der Waals surface area contributed by atoms with Crippen molar-refractivity contribution in [1.82, 2.24) is 0 Å². The Kier molecular flexibility index (Phi) is 5.25. The highest BCUT2D eigenvalue weighted by Crippen LogP contribution is 2.32. The number of hydrogen-bond acceptors (Lipinski definition) is 1. The standard InChI is InChI=1S/C17H19BrClN/c1-3-11(2)12-7-9-13(10-8-12)17(20)14-5-4-6-15(18)16(14)19/h4-11,17H,3,20H2,1-2H3. The van der Waals surface area contributed by atoms with Gasteiger partial charge in [-0.25, -0.2) is 0 Å². The Morgan fingerprint density at radius 1 is 1.10 bits per heavy atom. The first-order valence-electron chi connectivity index (χ1n) is 6.84. The molecule has 2 aromatic rings. The molecule has 2 atom stereocenters. The van der Waals surface area contributed by atoms with Crippen molar-refractivity contribution >= 4 is 27.5 Å². The van der Waals surface area contributed by atoms with Crippen molar-refractivity contribution in [2.24, 2.45) is 5.73 Å². The number of benzene rings is 2. The molecule has 0 aliphatic rings. The van der Waals surface area contributed by atoms with Crippen LogP contribution in [0.2, 0.25) is 5.02 Å². The fourth-order valence-corrected chi connectivity index (χ4v) is 2.83. The van der Waals surface area contributed by atoms with Gasteiger partial charge < -0.3 is 5.73 Å². The van der Waals surface area contributed by atoms with Crippen LogP contribution in [0.1, 0.15) is 48.9 Å². The van der Waals surface area contributed by atoms with Crippen LogP contribution >= 0.6 is 27.5 Å². The summed E-state index contributed by atoms with van der Waals surface area (Å²) in [6.45, 7) is 4.44. The third kappa shape index (κ3) is 3.25. The van der Waals surface area contributed by atoms with E-state index in [1.54, 1.807) is 0 Å². The molecule has 0 radical (unpaired) electrons. The zero-order chi connectivity index (χ0) is 14.7. The molecule has 0 saturated carbocycles. The summed E-state index contributed by atoms with van der Waals surface area (Å²) in [6, 6.07) is 14.2. The van der Waals surface area contributed by atoms with Gasteiger partial charge in [-0.15, -0.1) is 0 Å². The van der Waals surface area contributed by atoms with Gasteiger partial charge in [0.05, 0.1) is 11.1 Å². The van der Waals surface area contributed by atoms with Crippen molar-refractivity contribution in [2.45, 2.75) is 32.2 Å². The largest absolute Gasteiger partial charge is 0.320 e. The number of halogens is 2. The average Bonchev–Trinajstić information content (AvgIpc) is 2.48. The van der Waals surface area contributed by atoms with E-state index < -0.39 is 0 Å². The first kappa shape index (κ1) is 15.6. The molecule has 2 aromatic carbocycles. The van der Waals surface area contributed by atoms with E-state index in [0.717, 1.165) is 22.0 Å². The molecule has 2 unspecified atom stereocenters. The van der Waals surface area contributed by atoms with E-state index in [1.807, 2.05) is 18.2 Å². The lowest BCUT2D eigenvalue weighted by Crippen LogP contribution is -2.12. The minimum Gasteiger partial charge on any atom is -0.320 e. The second-order valence-electron chi connectivity index (χ2n) is 5.10. The quantitative estimate of drug-likeness (QED) is 0.754. The molecule has 106 valence electrons. The van der Waals surface area contributed by atoms with E-state index in [4.69, 9.17) is 17.3 Å². The van der Waals surface area contributed by atoms with Crippen LogP contribution in [0, 0.1) is 0 Å². The SMILES string of the molecule is CCC(C)c1ccc(C(N)c2cccc(Br)c2Cl)cc1. The van der Waals surface area contributed by atoms with Crippen LogP contribution in [0.3, 0.4) is 0 Å². The van der Waals surface area contributed by atoms with Crippen molar-refractivity contribution in [3.8, 4) is 0 Å². The number of rotatable bonds is 4. The van der Waals surface area contributed by atoms with Crippen LogP contribution in [-0.4, -0.2) is 0 Å². The van der Waals surface area contributed by atoms with Gasteiger partial charge in [-0.2, -0.15) is 0 Å². The van der Waals surface area contributed by atoms with Gasteiger partial charge in [0.2, 0.25) is 0 Å². The van der Waals surface area contributed by atoms with E-state index in [9.17, 15) is 0 Å². The first-order valence-corrected chi connectivity index (χ1v) is 8.01. The Morgan fingerprint density at radius 2 is 1.70 bits per heavy atom. The van der Waals surface area contributed by atoms with Crippen molar-refractivity contribution in [1.29, 1.82) is 0 Å². The van der Waals surface area contributed by atoms with Crippen LogP contribution in [-0.2, 0) is 0 Å². The molecule has 0 aliphatic carbocycles. The fraction of sp³-hybridized carbons (Fsp3) is 0.294. The maximum atomic E-state index is 6.34. The molecule has 2 rings (SSSR count). The lowest BCUT2D eigenvalue weighted by molar-refractivity contribution is 0.732. The van der Waals surface area contributed by atoms with Gasteiger partial charge in [0.15, 0.2) is 0 Å². The minimum atomic E-state index is -0.203. The molecule has 0 aliphatic heterocycles. The highest BCUT2D eigenvalue weighted by molar-refractivity contribution is 9.10. The zero-order valence-corrected chi connectivity index (χ0v) is 14.1. The second kappa shape index (κ2) is 6.75. The highest BCUT2D eigenvalue weighted by atomic mass is 79.9. The Morgan fingerprint density at radius 3 is 2.30 bits per heavy atom. The fourth-order valence-electron chi connectivity index (χ4n) is 2.21. The van der Waals surface area contributed by atoms with Crippen molar-refractivity contribution in [3.63, 3.8) is 0 Å². The van der Waals surface area contributed by atoms with Crippen LogP contribution in [0.25, 0.3) is 0 Å². The summed E-state index contributed by atoms with van der Waals surface area (Å²) in [7, 11) is 0. The Balaban J connectivity index is 2.29. The van der Waals surface area contributed by atoms with E-state index in [0.29, 0.717) is 10.9 Å². The molecule has 0 amide bonds. The predicted octanol–water partition coefficient (Wildman–Crippen LogP) is 5.66. The van der Waals surface area contributed by atoms with Crippen LogP contribution in [0.5, 0.6) is 0 Å². The summed E-state index contributed by atoms with van der Waals surface area (Å²) in [6.07, 6.45) is 1.14. The maximum Gasteiger partial charge on any atom is 0.0599 e. The van der Waals surface area contributed by atoms with E-state index in [1.165, 1.54) is 5.56 Å². The third-order valence-corrected chi connectivity index (χ3v) is 5.10. The summed E-state index contributed by atoms with van der Waals surface area (Å²) in [4.78, 5) is 0. The van der Waals surface area contributed by atoms with Crippen LogP contribution < -0.4 is 5.73 Å². The third-order valence-electron chi connectivity index (χ3n) is 3.79. The molecule has 0 heterocycles. The summed E-state index contributed by atoms with van der Waals surface area (Å²) >= 11 is 9.75. The molecule has 3 heteroatoms. The highest BCUT2D eigenvalue weighted by Gasteiger charge is 2.14. The molecular formula is C17H19BrClN. The molecule has 0 fully saturated rings. The topological polar surface area (TPSA) is 26.0 Å². The monoisotopic (exact) mass is 351 g/mol. The first-order chi connectivity index (χ1) is 9.54. The van der Waals surface area contributed by atoms with Gasteiger partial charge >= 0.3 is 0 Å². The van der Waals surface area contributed by atoms with Crippen LogP contribution in [0.15, 0.2) is 46.9 Å². The molecule has 1 nitrogen and oxygen atoms in total. The molecule has 0 spiro atoms. The number of hydrogen-bond donors (Lipinski definition) is 1. The summed E-state index contributed by atoms with van der Waals surface area (Å²) in [5, 5.41) is 0.686. The predicted molar refractivity (Wildman–Crippen MR) is 90.3 cm³/mol. The van der Waals surface area contributed by atoms with Crippen LogP contribution in [0.4, 0.5) is 0 Å². The lowest BCUT2D eigenvalue weighted by Gasteiger charge is -2.16. The van der Waals surface area contributed by atoms with Gasteiger partial charge in [-0.3, -0.25) is 0 Å². The normalized spacial score (nSPS) is 14.1. The summed E-state index contributed by atoms with van der Waals surface area (Å²) in [5.41, 5.74) is 9.71. The van der Waals surface area contributed by atoms with Crippen molar-refractivity contribution in [2.75, 3.05) is 0 Å². The lowest BCUT2D eigenvalue weighted by atomic mass is 9.94. The maximum absolute atomic E-state index is 6.34. The Hall–Kier alpha value is -0.830. The smallest absolute Gasteiger partial charge is 0.0599 e. The van der Waals surface area contributed by atoms with Crippen molar-refractivity contribution < 1.29 is 0 Å². The molecule has 0 bridgehead atoms. The Bertz CT molecular complexity index is 580. The zero-order valence-electron chi connectivity index (χ0n) is 11.7. The van der Waals surface area contributed by atoms with Crippen molar-refractivity contribution in [3.05, 3.63) is 68.7 Å². The van der Waals surface area contributed by atoms with Gasteiger partial charge in [0.1, 0.15) is 0 Å². The minimum absolute atomic E-state index is 0.203. The van der Waals surface area contributed by atoms with Gasteiger partial charge in [-0.1, -0.05) is 61.8 Å². The average molecular weight is 353 g/mol. The second-order valence-corrected chi connectivity index (χ2v) is 6.33. The van der Waals surface area contributed by atoms with Gasteiger partial charge in [0, 0.05) is 4.47 Å². The Labute approximate surface area is 134 Å². The summed E-state index contributed by atoms with van der Waals surface area (Å²) in [5.74, 6) is 0.578. The van der Waals surface area contributed by atoms with E-state index in [-0.39, 0.29) is 6.04 Å².